The molecular formula is C25H24N2O6. The van der Waals surface area contributed by atoms with Crippen molar-refractivity contribution >= 4 is 28.6 Å². The van der Waals surface area contributed by atoms with Gasteiger partial charge in [0.15, 0.2) is 11.5 Å². The van der Waals surface area contributed by atoms with Gasteiger partial charge in [-0.15, -0.1) is 0 Å². The first-order chi connectivity index (χ1) is 15.9. The lowest BCUT2D eigenvalue weighted by Gasteiger charge is -2.27. The van der Waals surface area contributed by atoms with Crippen molar-refractivity contribution in [3.63, 3.8) is 0 Å². The van der Waals surface area contributed by atoms with Gasteiger partial charge in [0.2, 0.25) is 0 Å². The molecule has 0 unspecified atom stereocenters. The first-order valence-corrected chi connectivity index (χ1v) is 10.4. The molecule has 8 nitrogen and oxygen atoms in total. The lowest BCUT2D eigenvalue weighted by molar-refractivity contribution is -0.129. The van der Waals surface area contributed by atoms with Gasteiger partial charge in [0.05, 0.1) is 25.8 Å². The Morgan fingerprint density at radius 1 is 1.15 bits per heavy atom. The second-order valence-corrected chi connectivity index (χ2v) is 7.78. The third kappa shape index (κ3) is 3.84. The molecule has 2 aromatic carbocycles. The number of carbonyl (C=O) groups excluding carboxylic acids is 3. The molecule has 0 spiro atoms. The number of ether oxygens (including phenoxy) is 2. The van der Waals surface area contributed by atoms with Crippen LogP contribution in [0, 0.1) is 0 Å². The van der Waals surface area contributed by atoms with Crippen molar-refractivity contribution in [3.05, 3.63) is 76.7 Å². The molecule has 33 heavy (non-hydrogen) atoms. The number of hydrogen-bond donors (Lipinski definition) is 2. The maximum Gasteiger partial charge on any atom is 0.341 e. The van der Waals surface area contributed by atoms with E-state index in [-0.39, 0.29) is 23.4 Å². The summed E-state index contributed by atoms with van der Waals surface area (Å²) in [5.74, 6) is -1.89. The molecule has 1 aromatic heterocycles. The maximum atomic E-state index is 13.0. The van der Waals surface area contributed by atoms with Gasteiger partial charge in [-0.2, -0.15) is 0 Å². The molecule has 0 radical (unpaired) electrons. The Labute approximate surface area is 190 Å². The third-order valence-corrected chi connectivity index (χ3v) is 5.93. The van der Waals surface area contributed by atoms with Crippen LogP contribution in [0.3, 0.4) is 0 Å². The van der Waals surface area contributed by atoms with Crippen molar-refractivity contribution < 1.29 is 29.0 Å². The summed E-state index contributed by atoms with van der Waals surface area (Å²) in [5.41, 5.74) is 2.79. The van der Waals surface area contributed by atoms with E-state index >= 15 is 0 Å². The Balaban J connectivity index is 1.71. The Hall–Kier alpha value is -4.07. The summed E-state index contributed by atoms with van der Waals surface area (Å²) in [6.45, 7) is 1.59. The van der Waals surface area contributed by atoms with E-state index < -0.39 is 29.5 Å². The van der Waals surface area contributed by atoms with Crippen molar-refractivity contribution in [2.45, 2.75) is 19.4 Å². The molecule has 1 aliphatic heterocycles. The van der Waals surface area contributed by atoms with E-state index in [0.29, 0.717) is 12.0 Å². The first-order valence-electron chi connectivity index (χ1n) is 10.4. The Morgan fingerprint density at radius 3 is 2.61 bits per heavy atom. The number of amides is 1. The minimum absolute atomic E-state index is 0.0202. The molecule has 1 amide bonds. The average molecular weight is 448 g/mol. The van der Waals surface area contributed by atoms with Crippen LogP contribution in [-0.2, 0) is 20.7 Å². The topological polar surface area (TPSA) is 109 Å². The predicted molar refractivity (Wildman–Crippen MR) is 121 cm³/mol. The Bertz CT molecular complexity index is 1290. The number of carbonyl (C=O) groups is 3. The zero-order valence-electron chi connectivity index (χ0n) is 18.5. The summed E-state index contributed by atoms with van der Waals surface area (Å²) in [6, 6.07) is 11.8. The number of rotatable bonds is 7. The Kier molecular flexibility index (Phi) is 5.91. The monoisotopic (exact) mass is 448 g/mol. The molecule has 0 saturated carbocycles. The summed E-state index contributed by atoms with van der Waals surface area (Å²) >= 11 is 0. The molecule has 4 rings (SSSR count). The van der Waals surface area contributed by atoms with Crippen molar-refractivity contribution in [2.24, 2.45) is 0 Å². The minimum Gasteiger partial charge on any atom is -0.503 e. The highest BCUT2D eigenvalue weighted by Crippen LogP contribution is 2.39. The summed E-state index contributed by atoms with van der Waals surface area (Å²) in [4.78, 5) is 42.1. The van der Waals surface area contributed by atoms with Gasteiger partial charge in [-0.05, 0) is 42.7 Å². The van der Waals surface area contributed by atoms with Gasteiger partial charge in [-0.1, -0.05) is 24.3 Å². The van der Waals surface area contributed by atoms with Crippen molar-refractivity contribution in [1.82, 2.24) is 9.88 Å². The van der Waals surface area contributed by atoms with Gasteiger partial charge < -0.3 is 24.5 Å². The van der Waals surface area contributed by atoms with E-state index in [1.165, 1.54) is 32.1 Å². The number of hydrogen-bond acceptors (Lipinski definition) is 6. The van der Waals surface area contributed by atoms with Crippen LogP contribution >= 0.6 is 0 Å². The zero-order valence-corrected chi connectivity index (χ0v) is 18.5. The highest BCUT2D eigenvalue weighted by Gasteiger charge is 2.42. The summed E-state index contributed by atoms with van der Waals surface area (Å²) < 4.78 is 10.1. The van der Waals surface area contributed by atoms with Crippen molar-refractivity contribution in [3.8, 4) is 5.75 Å². The fourth-order valence-corrected chi connectivity index (χ4v) is 4.33. The van der Waals surface area contributed by atoms with Gasteiger partial charge in [0.25, 0.3) is 5.91 Å². The number of aromatic nitrogens is 1. The number of aliphatic hydroxyl groups excluding tert-OH is 1. The number of ketones is 1. The largest absolute Gasteiger partial charge is 0.503 e. The molecule has 0 aliphatic carbocycles. The van der Waals surface area contributed by atoms with Crippen LogP contribution in [0.15, 0.2) is 60.0 Å². The number of para-hydroxylation sites is 1. The Morgan fingerprint density at radius 2 is 1.91 bits per heavy atom. The van der Waals surface area contributed by atoms with E-state index in [4.69, 9.17) is 9.47 Å². The molecule has 2 heterocycles. The number of benzene rings is 2. The standard InChI is InChI=1S/C25H24N2O6/c1-14(28)21-22(15-8-9-18(25(31)33-3)20(12-15)32-2)27(24(30)23(21)29)11-10-16-13-26-19-7-5-4-6-17(16)19/h4-9,12-13,22,26,29H,10-11H2,1-3H3/t22-/m0/s1. The quantitative estimate of drug-likeness (QED) is 0.536. The highest BCUT2D eigenvalue weighted by atomic mass is 16.5. The number of nitrogens with zero attached hydrogens (tertiary/aromatic N) is 1. The number of Topliss-reactive ketones (excluding diaryl/α,β-unsaturated/α-hetero) is 1. The van der Waals surface area contributed by atoms with Crippen LogP contribution < -0.4 is 4.74 Å². The fourth-order valence-electron chi connectivity index (χ4n) is 4.33. The van der Waals surface area contributed by atoms with Gasteiger partial charge in [0, 0.05) is 23.6 Å². The van der Waals surface area contributed by atoms with Crippen LogP contribution in [0.2, 0.25) is 0 Å². The molecule has 170 valence electrons. The molecule has 0 fully saturated rings. The number of aliphatic hydroxyl groups is 1. The molecule has 0 bridgehead atoms. The number of nitrogens with one attached hydrogen (secondary N) is 1. The van der Waals surface area contributed by atoms with Gasteiger partial charge in [-0.25, -0.2) is 4.79 Å². The summed E-state index contributed by atoms with van der Waals surface area (Å²) in [7, 11) is 2.69. The van der Waals surface area contributed by atoms with Crippen LogP contribution in [0.5, 0.6) is 5.75 Å². The lowest BCUT2D eigenvalue weighted by Crippen LogP contribution is -2.33. The molecule has 1 aliphatic rings. The SMILES string of the molecule is COC(=O)c1ccc([C@H]2C(C(C)=O)=C(O)C(=O)N2CCc2c[nH]c3ccccc23)cc1OC. The molecule has 1 atom stereocenters. The first kappa shape index (κ1) is 22.1. The normalized spacial score (nSPS) is 15.9. The highest BCUT2D eigenvalue weighted by molar-refractivity contribution is 6.08. The predicted octanol–water partition coefficient (Wildman–Crippen LogP) is 3.49. The van der Waals surface area contributed by atoms with Crippen molar-refractivity contribution in [1.29, 1.82) is 0 Å². The van der Waals surface area contributed by atoms with Gasteiger partial charge >= 0.3 is 5.97 Å². The average Bonchev–Trinajstić information content (AvgIpc) is 3.35. The minimum atomic E-state index is -0.805. The molecular weight excluding hydrogens is 424 g/mol. The third-order valence-electron chi connectivity index (χ3n) is 5.93. The summed E-state index contributed by atoms with van der Waals surface area (Å²) in [6.07, 6.45) is 2.41. The van der Waals surface area contributed by atoms with Crippen LogP contribution in [0.25, 0.3) is 10.9 Å². The van der Waals surface area contributed by atoms with Crippen molar-refractivity contribution in [2.75, 3.05) is 20.8 Å². The van der Waals surface area contributed by atoms with E-state index in [2.05, 4.69) is 4.98 Å². The summed E-state index contributed by atoms with van der Waals surface area (Å²) in [5, 5.41) is 11.6. The zero-order chi connectivity index (χ0) is 23.7. The number of H-pyrrole nitrogens is 1. The van der Waals surface area contributed by atoms with Crippen LogP contribution in [-0.4, -0.2) is 53.4 Å². The lowest BCUT2D eigenvalue weighted by atomic mass is 9.95. The van der Waals surface area contributed by atoms with E-state index in [1.807, 2.05) is 30.5 Å². The van der Waals surface area contributed by atoms with E-state index in [0.717, 1.165) is 16.5 Å². The number of fused-ring (bicyclic) bond motifs is 1. The van der Waals surface area contributed by atoms with Crippen LogP contribution in [0.4, 0.5) is 0 Å². The molecule has 2 N–H and O–H groups in total. The smallest absolute Gasteiger partial charge is 0.341 e. The molecule has 3 aromatic rings. The van der Waals surface area contributed by atoms with Gasteiger partial charge in [0.1, 0.15) is 11.3 Å². The van der Waals surface area contributed by atoms with E-state index in [9.17, 15) is 19.5 Å². The second-order valence-electron chi connectivity index (χ2n) is 7.78. The second kappa shape index (κ2) is 8.82. The number of aromatic amines is 1. The van der Waals surface area contributed by atoms with Gasteiger partial charge in [-0.3, -0.25) is 9.59 Å². The number of methoxy groups -OCH3 is 2. The van der Waals surface area contributed by atoms with E-state index in [1.54, 1.807) is 12.1 Å². The van der Waals surface area contributed by atoms with Crippen LogP contribution in [0.1, 0.15) is 34.5 Å². The molecule has 8 heteroatoms. The molecule has 0 saturated heterocycles. The maximum absolute atomic E-state index is 13.0. The fraction of sp³-hybridized carbons (Fsp3) is 0.240. The number of esters is 1.